The Morgan fingerprint density at radius 2 is 1.94 bits per heavy atom. The number of rotatable bonds is 7. The van der Waals surface area contributed by atoms with Gasteiger partial charge in [0.15, 0.2) is 0 Å². The van der Waals surface area contributed by atoms with Crippen molar-refractivity contribution in [2.24, 2.45) is 0 Å². The Kier molecular flexibility index (Phi) is 6.27. The Balaban J connectivity index is 1.61. The largest absolute Gasteiger partial charge is 0.508 e. The topological polar surface area (TPSA) is 125 Å². The van der Waals surface area contributed by atoms with Crippen LogP contribution in [0.4, 0.5) is 0 Å². The number of benzene rings is 1. The molecule has 0 bridgehead atoms. The molecule has 0 aliphatic heterocycles. The van der Waals surface area contributed by atoms with Gasteiger partial charge < -0.3 is 15.8 Å². The van der Waals surface area contributed by atoms with Crippen molar-refractivity contribution in [3.05, 3.63) is 89.1 Å². The first kappa shape index (κ1) is 21.3. The Bertz CT molecular complexity index is 1240. The maximum atomic E-state index is 13.2. The molecule has 32 heavy (non-hydrogen) atoms. The van der Waals surface area contributed by atoms with E-state index in [-0.39, 0.29) is 18.1 Å². The summed E-state index contributed by atoms with van der Waals surface area (Å²) in [5, 5.41) is 22.5. The van der Waals surface area contributed by atoms with Crippen LogP contribution in [0.3, 0.4) is 0 Å². The standard InChI is InChI=1S/C23H20N6O2S/c1-14-21(32-23(28-14)19-13-26-9-10-27-19)22(31)29-18(16-6-2-3-7-20(16)30)11-17(24)15-5-4-8-25-12-15/h2-10,12-13,18,24,30H,11H2,1H3,(H,29,31). The number of nitrogens with one attached hydrogen (secondary N) is 2. The number of thiazole rings is 1. The number of pyridine rings is 1. The van der Waals surface area contributed by atoms with Gasteiger partial charge in [0.25, 0.3) is 5.91 Å². The van der Waals surface area contributed by atoms with Gasteiger partial charge in [0.2, 0.25) is 0 Å². The predicted molar refractivity (Wildman–Crippen MR) is 122 cm³/mol. The van der Waals surface area contributed by atoms with Crippen LogP contribution >= 0.6 is 11.3 Å². The first-order valence-electron chi connectivity index (χ1n) is 9.83. The van der Waals surface area contributed by atoms with E-state index in [9.17, 15) is 9.90 Å². The summed E-state index contributed by atoms with van der Waals surface area (Å²) in [4.78, 5) is 30.4. The first-order chi connectivity index (χ1) is 15.5. The molecular weight excluding hydrogens is 424 g/mol. The van der Waals surface area contributed by atoms with Gasteiger partial charge in [0, 0.05) is 48.0 Å². The van der Waals surface area contributed by atoms with E-state index in [0.717, 1.165) is 0 Å². The first-order valence-corrected chi connectivity index (χ1v) is 10.6. The zero-order chi connectivity index (χ0) is 22.5. The van der Waals surface area contributed by atoms with E-state index >= 15 is 0 Å². The predicted octanol–water partition coefficient (Wildman–Crippen LogP) is 3.94. The van der Waals surface area contributed by atoms with Crippen LogP contribution in [0.2, 0.25) is 0 Å². The zero-order valence-electron chi connectivity index (χ0n) is 17.2. The van der Waals surface area contributed by atoms with Gasteiger partial charge in [-0.25, -0.2) is 4.98 Å². The van der Waals surface area contributed by atoms with Crippen molar-refractivity contribution in [3.63, 3.8) is 0 Å². The van der Waals surface area contributed by atoms with Crippen LogP contribution in [0.25, 0.3) is 10.7 Å². The highest BCUT2D eigenvalue weighted by Gasteiger charge is 2.24. The molecular formula is C23H20N6O2S. The highest BCUT2D eigenvalue weighted by molar-refractivity contribution is 7.17. The van der Waals surface area contributed by atoms with Gasteiger partial charge in [-0.1, -0.05) is 24.3 Å². The molecule has 0 aliphatic carbocycles. The van der Waals surface area contributed by atoms with E-state index in [0.29, 0.717) is 38.1 Å². The maximum absolute atomic E-state index is 13.2. The normalized spacial score (nSPS) is 11.7. The Morgan fingerprint density at radius 3 is 2.66 bits per heavy atom. The molecule has 1 atom stereocenters. The maximum Gasteiger partial charge on any atom is 0.263 e. The molecule has 0 spiro atoms. The number of nitrogens with zero attached hydrogens (tertiary/aromatic N) is 4. The van der Waals surface area contributed by atoms with Crippen molar-refractivity contribution in [1.82, 2.24) is 25.3 Å². The van der Waals surface area contributed by atoms with Crippen LogP contribution in [-0.4, -0.2) is 36.7 Å². The molecule has 8 nitrogen and oxygen atoms in total. The molecule has 0 saturated carbocycles. The van der Waals surface area contributed by atoms with Crippen LogP contribution in [-0.2, 0) is 0 Å². The number of aryl methyl sites for hydroxylation is 1. The molecule has 3 N–H and O–H groups in total. The molecule has 3 heterocycles. The van der Waals surface area contributed by atoms with Crippen molar-refractivity contribution in [2.45, 2.75) is 19.4 Å². The molecule has 1 unspecified atom stereocenters. The quantitative estimate of drug-likeness (QED) is 0.371. The summed E-state index contributed by atoms with van der Waals surface area (Å²) in [7, 11) is 0. The molecule has 9 heteroatoms. The summed E-state index contributed by atoms with van der Waals surface area (Å²) < 4.78 is 0. The van der Waals surface area contributed by atoms with Crippen molar-refractivity contribution in [2.75, 3.05) is 0 Å². The van der Waals surface area contributed by atoms with Crippen molar-refractivity contribution in [1.29, 1.82) is 5.41 Å². The van der Waals surface area contributed by atoms with Crippen LogP contribution in [0.5, 0.6) is 5.75 Å². The molecule has 0 saturated heterocycles. The van der Waals surface area contributed by atoms with Gasteiger partial charge in [0.05, 0.1) is 17.9 Å². The van der Waals surface area contributed by atoms with E-state index in [2.05, 4.69) is 25.3 Å². The van der Waals surface area contributed by atoms with Crippen LogP contribution in [0, 0.1) is 12.3 Å². The molecule has 4 rings (SSSR count). The lowest BCUT2D eigenvalue weighted by Crippen LogP contribution is -2.30. The number of aromatic nitrogens is 4. The van der Waals surface area contributed by atoms with Crippen molar-refractivity contribution >= 4 is 23.0 Å². The fourth-order valence-electron chi connectivity index (χ4n) is 3.23. The van der Waals surface area contributed by atoms with Gasteiger partial charge in [0.1, 0.15) is 21.3 Å². The Labute approximate surface area is 188 Å². The third-order valence-electron chi connectivity index (χ3n) is 4.82. The summed E-state index contributed by atoms with van der Waals surface area (Å²) in [6, 6.07) is 9.73. The molecule has 4 aromatic rings. The van der Waals surface area contributed by atoms with E-state index < -0.39 is 6.04 Å². The van der Waals surface area contributed by atoms with E-state index in [4.69, 9.17) is 5.41 Å². The summed E-state index contributed by atoms with van der Waals surface area (Å²) in [5.41, 5.74) is 2.65. The molecule has 0 fully saturated rings. The minimum atomic E-state index is -0.613. The molecule has 1 amide bonds. The summed E-state index contributed by atoms with van der Waals surface area (Å²) in [6.07, 6.45) is 8.17. The summed E-state index contributed by atoms with van der Waals surface area (Å²) in [5.74, 6) is -0.277. The minimum absolute atomic E-state index is 0.0538. The number of phenols is 1. The molecule has 3 aromatic heterocycles. The number of phenolic OH excluding ortho intramolecular Hbond substituents is 1. The summed E-state index contributed by atoms with van der Waals surface area (Å²) >= 11 is 1.23. The average Bonchev–Trinajstić information content (AvgIpc) is 3.22. The summed E-state index contributed by atoms with van der Waals surface area (Å²) in [6.45, 7) is 1.76. The number of carbonyl (C=O) groups is 1. The van der Waals surface area contributed by atoms with Crippen molar-refractivity contribution < 1.29 is 9.90 Å². The molecule has 0 radical (unpaired) electrons. The lowest BCUT2D eigenvalue weighted by atomic mass is 9.97. The third kappa shape index (κ3) is 4.68. The average molecular weight is 445 g/mol. The van der Waals surface area contributed by atoms with Gasteiger partial charge in [-0.05, 0) is 19.1 Å². The third-order valence-corrected chi connectivity index (χ3v) is 6.00. The van der Waals surface area contributed by atoms with Gasteiger partial charge in [-0.15, -0.1) is 11.3 Å². The van der Waals surface area contributed by atoms with Crippen LogP contribution < -0.4 is 5.32 Å². The highest BCUT2D eigenvalue weighted by Crippen LogP contribution is 2.30. The second-order valence-corrected chi connectivity index (χ2v) is 8.03. The zero-order valence-corrected chi connectivity index (χ0v) is 18.0. The second kappa shape index (κ2) is 9.44. The van der Waals surface area contributed by atoms with E-state index in [1.807, 2.05) is 0 Å². The highest BCUT2D eigenvalue weighted by atomic mass is 32.1. The van der Waals surface area contributed by atoms with Gasteiger partial charge in [-0.3, -0.25) is 19.7 Å². The number of hydrogen-bond acceptors (Lipinski definition) is 8. The monoisotopic (exact) mass is 444 g/mol. The van der Waals surface area contributed by atoms with Gasteiger partial charge in [-0.2, -0.15) is 0 Å². The second-order valence-electron chi connectivity index (χ2n) is 7.03. The molecule has 160 valence electrons. The number of aromatic hydroxyl groups is 1. The van der Waals surface area contributed by atoms with Crippen molar-refractivity contribution in [3.8, 4) is 16.5 Å². The number of hydrogen-bond donors (Lipinski definition) is 3. The fraction of sp³-hybridized carbons (Fsp3) is 0.130. The fourth-order valence-corrected chi connectivity index (χ4v) is 4.17. The lowest BCUT2D eigenvalue weighted by Gasteiger charge is -2.20. The molecule has 0 aliphatic rings. The molecule has 1 aromatic carbocycles. The lowest BCUT2D eigenvalue weighted by molar-refractivity contribution is 0.0941. The van der Waals surface area contributed by atoms with Crippen LogP contribution in [0.15, 0.2) is 67.4 Å². The SMILES string of the molecule is Cc1nc(-c2cnccn2)sc1C(=O)NC(CC(=N)c1cccnc1)c1ccccc1O. The number of para-hydroxylation sites is 1. The van der Waals surface area contributed by atoms with E-state index in [1.54, 1.807) is 74.3 Å². The Morgan fingerprint density at radius 1 is 1.12 bits per heavy atom. The number of amides is 1. The number of carbonyl (C=O) groups excluding carboxylic acids is 1. The Hall–Kier alpha value is -3.98. The minimum Gasteiger partial charge on any atom is -0.508 e. The van der Waals surface area contributed by atoms with Crippen LogP contribution in [0.1, 0.15) is 39.0 Å². The van der Waals surface area contributed by atoms with E-state index in [1.165, 1.54) is 11.3 Å². The smallest absolute Gasteiger partial charge is 0.263 e. The van der Waals surface area contributed by atoms with Gasteiger partial charge >= 0.3 is 0 Å².